The van der Waals surface area contributed by atoms with E-state index >= 15 is 0 Å². The molecule has 0 radical (unpaired) electrons. The Balaban J connectivity index is 1.67. The fourth-order valence-electron chi connectivity index (χ4n) is 3.01. The van der Waals surface area contributed by atoms with Gasteiger partial charge >= 0.3 is 0 Å². The molecular formula is C17H22N2OS2. The predicted octanol–water partition coefficient (Wildman–Crippen LogP) is 4.16. The zero-order valence-electron chi connectivity index (χ0n) is 12.7. The minimum absolute atomic E-state index is 0.0463. The molecule has 0 bridgehead atoms. The van der Waals surface area contributed by atoms with Crippen molar-refractivity contribution < 1.29 is 4.79 Å². The number of amides is 1. The molecule has 1 aliphatic heterocycles. The van der Waals surface area contributed by atoms with Gasteiger partial charge in [0.2, 0.25) is 0 Å². The van der Waals surface area contributed by atoms with E-state index in [1.54, 1.807) is 11.3 Å². The Hall–Kier alpha value is -1.17. The second-order valence-corrected chi connectivity index (χ2v) is 7.44. The summed E-state index contributed by atoms with van der Waals surface area (Å²) in [6.45, 7) is 2.96. The van der Waals surface area contributed by atoms with Crippen LogP contribution in [0.4, 0.5) is 0 Å². The summed E-state index contributed by atoms with van der Waals surface area (Å²) >= 11 is 3.23. The van der Waals surface area contributed by atoms with Crippen LogP contribution >= 0.6 is 22.7 Å². The highest BCUT2D eigenvalue weighted by Crippen LogP contribution is 2.25. The molecule has 3 nitrogen and oxygen atoms in total. The van der Waals surface area contributed by atoms with E-state index in [9.17, 15) is 4.79 Å². The molecule has 3 heterocycles. The lowest BCUT2D eigenvalue weighted by atomic mass is 10.1. The topological polar surface area (TPSA) is 32.3 Å². The van der Waals surface area contributed by atoms with Gasteiger partial charge in [-0.15, -0.1) is 11.3 Å². The molecule has 1 atom stereocenters. The van der Waals surface area contributed by atoms with Crippen molar-refractivity contribution in [3.8, 4) is 0 Å². The van der Waals surface area contributed by atoms with E-state index in [1.165, 1.54) is 42.6 Å². The summed E-state index contributed by atoms with van der Waals surface area (Å²) in [6, 6.07) is 6.29. The number of carbonyl (C=O) groups excluding carboxylic acids is 1. The van der Waals surface area contributed by atoms with Gasteiger partial charge in [-0.2, -0.15) is 11.3 Å². The van der Waals surface area contributed by atoms with Crippen molar-refractivity contribution in [1.82, 2.24) is 10.2 Å². The molecule has 1 aliphatic rings. The number of hydrogen-bond donors (Lipinski definition) is 1. The van der Waals surface area contributed by atoms with E-state index in [0.29, 0.717) is 12.6 Å². The van der Waals surface area contributed by atoms with Gasteiger partial charge in [0, 0.05) is 6.54 Å². The molecule has 1 unspecified atom stereocenters. The number of hydrogen-bond acceptors (Lipinski definition) is 4. The quantitative estimate of drug-likeness (QED) is 0.890. The van der Waals surface area contributed by atoms with Crippen LogP contribution in [0.3, 0.4) is 0 Å². The molecule has 1 fully saturated rings. The molecule has 22 heavy (non-hydrogen) atoms. The number of nitrogens with one attached hydrogen (secondary N) is 1. The smallest absolute Gasteiger partial charge is 0.261 e. The molecule has 3 rings (SSSR count). The molecule has 1 N–H and O–H groups in total. The van der Waals surface area contributed by atoms with Crippen LogP contribution in [0.25, 0.3) is 0 Å². The molecule has 0 spiro atoms. The summed E-state index contributed by atoms with van der Waals surface area (Å²) < 4.78 is 0. The number of carbonyl (C=O) groups is 1. The van der Waals surface area contributed by atoms with Gasteiger partial charge in [-0.05, 0) is 59.8 Å². The lowest BCUT2D eigenvalue weighted by Crippen LogP contribution is -2.38. The van der Waals surface area contributed by atoms with Gasteiger partial charge in [0.15, 0.2) is 0 Å². The van der Waals surface area contributed by atoms with Crippen LogP contribution < -0.4 is 5.32 Å². The minimum atomic E-state index is 0.0463. The van der Waals surface area contributed by atoms with Gasteiger partial charge in [-0.25, -0.2) is 0 Å². The van der Waals surface area contributed by atoms with E-state index < -0.39 is 0 Å². The highest BCUT2D eigenvalue weighted by Gasteiger charge is 2.22. The number of thiophene rings is 2. The van der Waals surface area contributed by atoms with Gasteiger partial charge < -0.3 is 5.32 Å². The minimum Gasteiger partial charge on any atom is -0.349 e. The molecule has 2 aromatic heterocycles. The zero-order valence-corrected chi connectivity index (χ0v) is 14.3. The third-order valence-corrected chi connectivity index (χ3v) is 5.78. The van der Waals surface area contributed by atoms with Gasteiger partial charge in [-0.1, -0.05) is 18.9 Å². The van der Waals surface area contributed by atoms with Gasteiger partial charge in [0.1, 0.15) is 0 Å². The standard InChI is InChI=1S/C17H22N2OS2/c20-17(16-6-5-10-22-16)18-12-15(14-7-11-21-13-14)19-8-3-1-2-4-9-19/h5-7,10-11,13,15H,1-4,8-9,12H2,(H,18,20). The van der Waals surface area contributed by atoms with Crippen LogP contribution in [0, 0.1) is 0 Å². The monoisotopic (exact) mass is 334 g/mol. The second kappa shape index (κ2) is 7.90. The Morgan fingerprint density at radius 1 is 1.18 bits per heavy atom. The van der Waals surface area contributed by atoms with Crippen LogP contribution in [-0.4, -0.2) is 30.4 Å². The normalized spacial score (nSPS) is 17.8. The Bertz CT molecular complexity index is 558. The van der Waals surface area contributed by atoms with Gasteiger partial charge in [0.25, 0.3) is 5.91 Å². The maximum absolute atomic E-state index is 12.2. The average molecular weight is 335 g/mol. The van der Waals surface area contributed by atoms with Gasteiger partial charge in [0.05, 0.1) is 10.9 Å². The Morgan fingerprint density at radius 2 is 2.00 bits per heavy atom. The zero-order chi connectivity index (χ0) is 15.2. The summed E-state index contributed by atoms with van der Waals surface area (Å²) in [7, 11) is 0. The first-order chi connectivity index (χ1) is 10.8. The van der Waals surface area contributed by atoms with E-state index in [1.807, 2.05) is 17.5 Å². The van der Waals surface area contributed by atoms with Crippen molar-refractivity contribution in [1.29, 1.82) is 0 Å². The molecular weight excluding hydrogens is 312 g/mol. The Morgan fingerprint density at radius 3 is 2.64 bits per heavy atom. The molecule has 1 amide bonds. The fourth-order valence-corrected chi connectivity index (χ4v) is 4.36. The molecule has 0 aliphatic carbocycles. The average Bonchev–Trinajstić information content (AvgIpc) is 3.18. The summed E-state index contributed by atoms with van der Waals surface area (Å²) in [5.41, 5.74) is 1.33. The van der Waals surface area contributed by atoms with Crippen LogP contribution in [0.2, 0.25) is 0 Å². The lowest BCUT2D eigenvalue weighted by molar-refractivity contribution is 0.0937. The predicted molar refractivity (Wildman–Crippen MR) is 93.8 cm³/mol. The van der Waals surface area contributed by atoms with E-state index in [4.69, 9.17) is 0 Å². The third kappa shape index (κ3) is 3.97. The van der Waals surface area contributed by atoms with Crippen molar-refractivity contribution >= 4 is 28.6 Å². The maximum Gasteiger partial charge on any atom is 0.261 e. The highest BCUT2D eigenvalue weighted by molar-refractivity contribution is 7.12. The Labute approximate surface area is 140 Å². The first-order valence-corrected chi connectivity index (χ1v) is 9.74. The summed E-state index contributed by atoms with van der Waals surface area (Å²) in [5, 5.41) is 9.41. The van der Waals surface area contributed by atoms with Crippen molar-refractivity contribution in [3.05, 3.63) is 44.8 Å². The number of likely N-dealkylation sites (tertiary alicyclic amines) is 1. The van der Waals surface area contributed by atoms with E-state index in [-0.39, 0.29) is 5.91 Å². The van der Waals surface area contributed by atoms with Crippen LogP contribution in [0.5, 0.6) is 0 Å². The fraction of sp³-hybridized carbons (Fsp3) is 0.471. The SMILES string of the molecule is O=C(NCC(c1ccsc1)N1CCCCCC1)c1cccs1. The lowest BCUT2D eigenvalue weighted by Gasteiger charge is -2.30. The summed E-state index contributed by atoms with van der Waals surface area (Å²) in [4.78, 5) is 15.6. The van der Waals surface area contributed by atoms with Crippen molar-refractivity contribution in [2.24, 2.45) is 0 Å². The van der Waals surface area contributed by atoms with Crippen molar-refractivity contribution in [2.45, 2.75) is 31.7 Å². The summed E-state index contributed by atoms with van der Waals surface area (Å²) in [5.74, 6) is 0.0463. The Kier molecular flexibility index (Phi) is 5.64. The van der Waals surface area contributed by atoms with E-state index in [0.717, 1.165) is 18.0 Å². The van der Waals surface area contributed by atoms with Gasteiger partial charge in [-0.3, -0.25) is 9.69 Å². The molecule has 5 heteroatoms. The number of nitrogens with zero attached hydrogens (tertiary/aromatic N) is 1. The third-order valence-electron chi connectivity index (χ3n) is 4.21. The second-order valence-electron chi connectivity index (χ2n) is 5.71. The molecule has 0 aromatic carbocycles. The van der Waals surface area contributed by atoms with Crippen molar-refractivity contribution in [3.63, 3.8) is 0 Å². The van der Waals surface area contributed by atoms with Crippen LogP contribution in [-0.2, 0) is 0 Å². The van der Waals surface area contributed by atoms with Crippen LogP contribution in [0.1, 0.15) is 47.0 Å². The van der Waals surface area contributed by atoms with Crippen LogP contribution in [0.15, 0.2) is 34.3 Å². The molecule has 118 valence electrons. The number of rotatable bonds is 5. The largest absolute Gasteiger partial charge is 0.349 e. The summed E-state index contributed by atoms with van der Waals surface area (Å²) in [6.07, 6.45) is 5.18. The molecule has 2 aromatic rings. The maximum atomic E-state index is 12.2. The first-order valence-electron chi connectivity index (χ1n) is 7.92. The van der Waals surface area contributed by atoms with Crippen molar-refractivity contribution in [2.75, 3.05) is 19.6 Å². The first kappa shape index (κ1) is 15.7. The molecule has 0 saturated carbocycles. The van der Waals surface area contributed by atoms with E-state index in [2.05, 4.69) is 27.0 Å². The molecule has 1 saturated heterocycles. The highest BCUT2D eigenvalue weighted by atomic mass is 32.1.